The molecule has 0 fully saturated rings. The molecule has 0 aliphatic rings. The van der Waals surface area contributed by atoms with Gasteiger partial charge in [0.2, 0.25) is 0 Å². The Hall–Kier alpha value is -2.83. The third-order valence-corrected chi connectivity index (χ3v) is 2.60. The number of rotatable bonds is 3. The number of nitrogens with one attached hydrogen (secondary N) is 1. The number of anilines is 1. The van der Waals surface area contributed by atoms with Gasteiger partial charge >= 0.3 is 5.97 Å². The zero-order valence-corrected chi connectivity index (χ0v) is 10.4. The highest BCUT2D eigenvalue weighted by Crippen LogP contribution is 2.20. The van der Waals surface area contributed by atoms with Crippen LogP contribution < -0.4 is 5.32 Å². The highest BCUT2D eigenvalue weighted by Gasteiger charge is 2.18. The van der Waals surface area contributed by atoms with Crippen LogP contribution in [0, 0.1) is 17.5 Å². The average Bonchev–Trinajstić information content (AvgIpc) is 2.37. The first-order chi connectivity index (χ1) is 9.88. The van der Waals surface area contributed by atoms with Gasteiger partial charge in [-0.2, -0.15) is 0 Å². The number of carbonyl (C=O) groups is 2. The summed E-state index contributed by atoms with van der Waals surface area (Å²) >= 11 is 0. The molecule has 0 saturated heterocycles. The smallest absolute Gasteiger partial charge is 0.340 e. The molecule has 2 rings (SSSR count). The number of hydrogen-bond donors (Lipinski definition) is 2. The van der Waals surface area contributed by atoms with Crippen LogP contribution in [0.15, 0.2) is 36.4 Å². The summed E-state index contributed by atoms with van der Waals surface area (Å²) in [5.74, 6) is -5.49. The van der Waals surface area contributed by atoms with Crippen molar-refractivity contribution in [1.29, 1.82) is 0 Å². The maximum Gasteiger partial charge on any atom is 0.340 e. The molecule has 0 radical (unpaired) electrons. The molecule has 0 heterocycles. The highest BCUT2D eigenvalue weighted by atomic mass is 19.1. The van der Waals surface area contributed by atoms with Crippen LogP contribution >= 0.6 is 0 Å². The zero-order chi connectivity index (χ0) is 15.6. The maximum absolute atomic E-state index is 13.4. The Morgan fingerprint density at radius 2 is 1.62 bits per heavy atom. The molecule has 0 aromatic heterocycles. The van der Waals surface area contributed by atoms with Crippen molar-refractivity contribution in [3.05, 3.63) is 65.0 Å². The van der Waals surface area contributed by atoms with E-state index < -0.39 is 34.9 Å². The monoisotopic (exact) mass is 295 g/mol. The fourth-order valence-corrected chi connectivity index (χ4v) is 1.73. The number of carboxylic acids is 1. The first-order valence-corrected chi connectivity index (χ1v) is 5.67. The summed E-state index contributed by atoms with van der Waals surface area (Å²) in [6.45, 7) is 0. The Morgan fingerprint density at radius 3 is 2.19 bits per heavy atom. The quantitative estimate of drug-likeness (QED) is 0.914. The molecule has 2 aromatic rings. The number of halogens is 3. The summed E-state index contributed by atoms with van der Waals surface area (Å²) in [5.41, 5.74) is -1.40. The van der Waals surface area contributed by atoms with E-state index in [-0.39, 0.29) is 11.3 Å². The van der Waals surface area contributed by atoms with Crippen LogP contribution in [0.1, 0.15) is 20.7 Å². The van der Waals surface area contributed by atoms with Gasteiger partial charge in [0, 0.05) is 11.6 Å². The van der Waals surface area contributed by atoms with Crippen LogP contribution in [0.2, 0.25) is 0 Å². The lowest BCUT2D eigenvalue weighted by Crippen LogP contribution is -2.16. The first-order valence-electron chi connectivity index (χ1n) is 5.67. The SMILES string of the molecule is O=C(Nc1cccc(F)c1C(=O)O)c1cc(F)cc(F)c1. The Bertz CT molecular complexity index is 711. The second kappa shape index (κ2) is 5.66. The highest BCUT2D eigenvalue weighted by molar-refractivity contribution is 6.07. The van der Waals surface area contributed by atoms with Crippen LogP contribution in [-0.2, 0) is 0 Å². The van der Waals surface area contributed by atoms with Gasteiger partial charge in [-0.15, -0.1) is 0 Å². The third kappa shape index (κ3) is 3.19. The van der Waals surface area contributed by atoms with Gasteiger partial charge in [0.25, 0.3) is 5.91 Å². The van der Waals surface area contributed by atoms with Crippen LogP contribution in [0.3, 0.4) is 0 Å². The van der Waals surface area contributed by atoms with E-state index >= 15 is 0 Å². The fraction of sp³-hybridized carbons (Fsp3) is 0. The predicted molar refractivity (Wildman–Crippen MR) is 67.7 cm³/mol. The Morgan fingerprint density at radius 1 is 1.00 bits per heavy atom. The topological polar surface area (TPSA) is 66.4 Å². The van der Waals surface area contributed by atoms with Gasteiger partial charge in [-0.1, -0.05) is 6.07 Å². The summed E-state index contributed by atoms with van der Waals surface area (Å²) < 4.78 is 39.5. The molecule has 2 aromatic carbocycles. The molecular formula is C14H8F3NO3. The minimum Gasteiger partial charge on any atom is -0.478 e. The number of benzene rings is 2. The molecule has 0 aliphatic carbocycles. The molecule has 4 nitrogen and oxygen atoms in total. The Kier molecular flexibility index (Phi) is 3.93. The number of carboxylic acid groups (broad SMARTS) is 1. The van der Waals surface area contributed by atoms with Gasteiger partial charge < -0.3 is 10.4 Å². The van der Waals surface area contributed by atoms with Gasteiger partial charge in [0.1, 0.15) is 23.0 Å². The lowest BCUT2D eigenvalue weighted by atomic mass is 10.1. The van der Waals surface area contributed by atoms with Crippen molar-refractivity contribution in [2.45, 2.75) is 0 Å². The molecule has 0 spiro atoms. The Labute approximate surface area is 116 Å². The summed E-state index contributed by atoms with van der Waals surface area (Å²) in [7, 11) is 0. The second-order valence-corrected chi connectivity index (χ2v) is 4.08. The average molecular weight is 295 g/mol. The van der Waals surface area contributed by atoms with Crippen LogP contribution in [0.25, 0.3) is 0 Å². The van der Waals surface area contributed by atoms with Crippen molar-refractivity contribution in [3.63, 3.8) is 0 Å². The maximum atomic E-state index is 13.4. The standard InChI is InChI=1S/C14H8F3NO3/c15-8-4-7(5-9(16)6-8)13(19)18-11-3-1-2-10(17)12(11)14(20)21/h1-6H,(H,18,19)(H,20,21). The number of carbonyl (C=O) groups excluding carboxylic acids is 1. The molecule has 108 valence electrons. The van der Waals surface area contributed by atoms with E-state index in [0.717, 1.165) is 18.2 Å². The van der Waals surface area contributed by atoms with Gasteiger partial charge in [0.05, 0.1) is 5.69 Å². The summed E-state index contributed by atoms with van der Waals surface area (Å²) in [6, 6.07) is 5.42. The molecule has 2 N–H and O–H groups in total. The lowest BCUT2D eigenvalue weighted by molar-refractivity contribution is 0.0693. The Balaban J connectivity index is 2.36. The van der Waals surface area contributed by atoms with Crippen LogP contribution in [0.5, 0.6) is 0 Å². The summed E-state index contributed by atoms with van der Waals surface area (Å²) in [5, 5.41) is 11.0. The first kappa shape index (κ1) is 14.6. The second-order valence-electron chi connectivity index (χ2n) is 4.08. The molecule has 0 bridgehead atoms. The van der Waals surface area contributed by atoms with Crippen molar-refractivity contribution >= 4 is 17.6 Å². The van der Waals surface area contributed by atoms with E-state index in [9.17, 15) is 22.8 Å². The normalized spacial score (nSPS) is 10.2. The number of aromatic carboxylic acids is 1. The van der Waals surface area contributed by atoms with Crippen molar-refractivity contribution in [3.8, 4) is 0 Å². The molecule has 21 heavy (non-hydrogen) atoms. The van der Waals surface area contributed by atoms with Gasteiger partial charge in [-0.05, 0) is 24.3 Å². The number of amides is 1. The summed E-state index contributed by atoms with van der Waals surface area (Å²) in [4.78, 5) is 22.8. The minimum absolute atomic E-state index is 0.308. The van der Waals surface area contributed by atoms with Gasteiger partial charge in [0.15, 0.2) is 0 Å². The van der Waals surface area contributed by atoms with E-state index in [1.165, 1.54) is 12.1 Å². The molecule has 7 heteroatoms. The lowest BCUT2D eigenvalue weighted by Gasteiger charge is -2.09. The zero-order valence-electron chi connectivity index (χ0n) is 10.4. The van der Waals surface area contributed by atoms with Crippen molar-refractivity contribution in [2.24, 2.45) is 0 Å². The van der Waals surface area contributed by atoms with E-state index in [4.69, 9.17) is 5.11 Å². The van der Waals surface area contributed by atoms with Gasteiger partial charge in [-0.25, -0.2) is 18.0 Å². The predicted octanol–water partition coefficient (Wildman–Crippen LogP) is 3.05. The van der Waals surface area contributed by atoms with Crippen molar-refractivity contribution < 1.29 is 27.9 Å². The van der Waals surface area contributed by atoms with Crippen molar-refractivity contribution in [1.82, 2.24) is 0 Å². The molecule has 1 amide bonds. The van der Waals surface area contributed by atoms with E-state index in [2.05, 4.69) is 5.32 Å². The summed E-state index contributed by atoms with van der Waals surface area (Å²) in [6.07, 6.45) is 0. The molecule has 0 atom stereocenters. The van der Waals surface area contributed by atoms with Gasteiger partial charge in [-0.3, -0.25) is 4.79 Å². The largest absolute Gasteiger partial charge is 0.478 e. The van der Waals surface area contributed by atoms with Crippen LogP contribution in [-0.4, -0.2) is 17.0 Å². The van der Waals surface area contributed by atoms with Crippen molar-refractivity contribution in [2.75, 3.05) is 5.32 Å². The van der Waals surface area contributed by atoms with E-state index in [1.54, 1.807) is 0 Å². The minimum atomic E-state index is -1.58. The number of hydrogen-bond acceptors (Lipinski definition) is 2. The van der Waals surface area contributed by atoms with Crippen LogP contribution in [0.4, 0.5) is 18.9 Å². The molecule has 0 saturated carbocycles. The third-order valence-electron chi connectivity index (χ3n) is 2.60. The fourth-order valence-electron chi connectivity index (χ4n) is 1.73. The van der Waals surface area contributed by atoms with E-state index in [0.29, 0.717) is 6.07 Å². The van der Waals surface area contributed by atoms with E-state index in [1.807, 2.05) is 0 Å². The molecular weight excluding hydrogens is 287 g/mol. The molecule has 0 unspecified atom stereocenters. The molecule has 0 aliphatic heterocycles.